The number of ketones is 1. The first kappa shape index (κ1) is 11.1. The van der Waals surface area contributed by atoms with Gasteiger partial charge in [-0.05, 0) is 6.92 Å². The number of carbonyl (C=O) groups is 2. The van der Waals surface area contributed by atoms with E-state index in [1.165, 1.54) is 0 Å². The quantitative estimate of drug-likeness (QED) is 0.625. The Morgan fingerprint density at radius 3 is 3.07 bits per heavy atom. The fourth-order valence-corrected chi connectivity index (χ4v) is 1.32. The van der Waals surface area contributed by atoms with Crippen molar-refractivity contribution in [3.63, 3.8) is 0 Å². The highest BCUT2D eigenvalue weighted by Crippen LogP contribution is 2.15. The molecule has 1 N–H and O–H groups in total. The van der Waals surface area contributed by atoms with Crippen molar-refractivity contribution < 1.29 is 24.2 Å². The number of rotatable bonds is 3. The molecule has 1 aliphatic rings. The van der Waals surface area contributed by atoms with E-state index in [-0.39, 0.29) is 25.4 Å². The van der Waals surface area contributed by atoms with Gasteiger partial charge < -0.3 is 14.6 Å². The summed E-state index contributed by atoms with van der Waals surface area (Å²) in [6, 6.07) is 0. The first-order valence-electron chi connectivity index (χ1n) is 4.62. The molecule has 14 heavy (non-hydrogen) atoms. The van der Waals surface area contributed by atoms with Crippen LogP contribution in [0.3, 0.4) is 0 Å². The highest BCUT2D eigenvalue weighted by Gasteiger charge is 2.34. The standard InChI is InChI=1S/C9H14O5/c1-2-14-9(12)8(11)6-5-13-4-3-7(6)10/h6,8,11H,2-5H2,1H3/t6-,8+/m1/s1. The van der Waals surface area contributed by atoms with Crippen molar-refractivity contribution in [1.82, 2.24) is 0 Å². The second-order valence-electron chi connectivity index (χ2n) is 3.09. The predicted molar refractivity (Wildman–Crippen MR) is 46.6 cm³/mol. The number of aliphatic hydroxyl groups is 1. The Hall–Kier alpha value is -0.940. The van der Waals surface area contributed by atoms with Gasteiger partial charge in [-0.25, -0.2) is 4.79 Å². The number of hydrogen-bond donors (Lipinski definition) is 1. The summed E-state index contributed by atoms with van der Waals surface area (Å²) in [5, 5.41) is 9.47. The van der Waals surface area contributed by atoms with E-state index in [0.717, 1.165) is 0 Å². The zero-order valence-electron chi connectivity index (χ0n) is 8.06. The minimum Gasteiger partial charge on any atom is -0.464 e. The highest BCUT2D eigenvalue weighted by atomic mass is 16.5. The normalized spacial score (nSPS) is 24.4. The maximum Gasteiger partial charge on any atom is 0.335 e. The summed E-state index contributed by atoms with van der Waals surface area (Å²) in [6.07, 6.45) is -1.14. The van der Waals surface area contributed by atoms with Crippen molar-refractivity contribution in [1.29, 1.82) is 0 Å². The molecule has 80 valence electrons. The molecule has 0 aromatic rings. The molecule has 0 bridgehead atoms. The minimum atomic E-state index is -1.39. The largest absolute Gasteiger partial charge is 0.464 e. The van der Waals surface area contributed by atoms with E-state index in [1.807, 2.05) is 0 Å². The van der Waals surface area contributed by atoms with Gasteiger partial charge >= 0.3 is 5.97 Å². The molecule has 0 saturated carbocycles. The van der Waals surface area contributed by atoms with Crippen LogP contribution in [0.2, 0.25) is 0 Å². The first-order chi connectivity index (χ1) is 6.66. The Balaban J connectivity index is 2.53. The Bertz CT molecular complexity index is 225. The molecule has 1 aliphatic heterocycles. The summed E-state index contributed by atoms with van der Waals surface area (Å²) in [6.45, 7) is 2.30. The fraction of sp³-hybridized carbons (Fsp3) is 0.778. The Labute approximate surface area is 82.0 Å². The smallest absolute Gasteiger partial charge is 0.335 e. The van der Waals surface area contributed by atoms with Crippen molar-refractivity contribution in [3.05, 3.63) is 0 Å². The van der Waals surface area contributed by atoms with Gasteiger partial charge in [0.15, 0.2) is 6.10 Å². The van der Waals surface area contributed by atoms with Crippen LogP contribution >= 0.6 is 0 Å². The van der Waals surface area contributed by atoms with E-state index in [2.05, 4.69) is 4.74 Å². The topological polar surface area (TPSA) is 72.8 Å². The molecule has 0 unspecified atom stereocenters. The van der Waals surface area contributed by atoms with Crippen LogP contribution in [-0.2, 0) is 19.1 Å². The van der Waals surface area contributed by atoms with E-state index < -0.39 is 18.0 Å². The fourth-order valence-electron chi connectivity index (χ4n) is 1.32. The van der Waals surface area contributed by atoms with Crippen LogP contribution in [0.4, 0.5) is 0 Å². The number of hydrogen-bond acceptors (Lipinski definition) is 5. The summed E-state index contributed by atoms with van der Waals surface area (Å²) < 4.78 is 9.62. The van der Waals surface area contributed by atoms with E-state index in [0.29, 0.717) is 6.61 Å². The molecule has 1 saturated heterocycles. The van der Waals surface area contributed by atoms with Crippen molar-refractivity contribution in [2.45, 2.75) is 19.4 Å². The third-order valence-electron chi connectivity index (χ3n) is 2.11. The summed E-state index contributed by atoms with van der Waals surface area (Å²) in [5.41, 5.74) is 0. The lowest BCUT2D eigenvalue weighted by atomic mass is 9.94. The molecule has 0 aromatic heterocycles. The molecule has 0 amide bonds. The Morgan fingerprint density at radius 2 is 2.50 bits per heavy atom. The maximum atomic E-state index is 11.3. The number of ether oxygens (including phenoxy) is 2. The number of esters is 1. The summed E-state index contributed by atoms with van der Waals surface area (Å²) in [5.74, 6) is -1.66. The Kier molecular flexibility index (Phi) is 4.03. The third kappa shape index (κ3) is 2.52. The van der Waals surface area contributed by atoms with Gasteiger partial charge in [-0.2, -0.15) is 0 Å². The lowest BCUT2D eigenvalue weighted by Crippen LogP contribution is -2.41. The zero-order valence-corrected chi connectivity index (χ0v) is 8.06. The molecular formula is C9H14O5. The van der Waals surface area contributed by atoms with Gasteiger partial charge in [0.05, 0.1) is 25.7 Å². The number of Topliss-reactive ketones (excluding diaryl/α,β-unsaturated/α-hetero) is 1. The average Bonchev–Trinajstić information content (AvgIpc) is 2.18. The van der Waals surface area contributed by atoms with Gasteiger partial charge in [-0.3, -0.25) is 4.79 Å². The lowest BCUT2D eigenvalue weighted by molar-refractivity contribution is -0.162. The highest BCUT2D eigenvalue weighted by molar-refractivity contribution is 5.88. The van der Waals surface area contributed by atoms with Gasteiger partial charge in [-0.1, -0.05) is 0 Å². The van der Waals surface area contributed by atoms with Gasteiger partial charge in [0, 0.05) is 6.42 Å². The molecule has 1 rings (SSSR count). The summed E-state index contributed by atoms with van der Waals surface area (Å²) >= 11 is 0. The van der Waals surface area contributed by atoms with Crippen LogP contribution in [-0.4, -0.2) is 42.8 Å². The van der Waals surface area contributed by atoms with Crippen molar-refractivity contribution in [3.8, 4) is 0 Å². The third-order valence-corrected chi connectivity index (χ3v) is 2.11. The van der Waals surface area contributed by atoms with Gasteiger partial charge in [0.2, 0.25) is 0 Å². The molecule has 2 atom stereocenters. The van der Waals surface area contributed by atoms with E-state index in [1.54, 1.807) is 6.92 Å². The number of carbonyl (C=O) groups excluding carboxylic acids is 2. The molecule has 5 heteroatoms. The van der Waals surface area contributed by atoms with Gasteiger partial charge in [-0.15, -0.1) is 0 Å². The minimum absolute atomic E-state index is 0.0960. The zero-order chi connectivity index (χ0) is 10.6. The molecule has 5 nitrogen and oxygen atoms in total. The number of aliphatic hydroxyl groups excluding tert-OH is 1. The molecule has 1 heterocycles. The van der Waals surface area contributed by atoms with E-state index in [4.69, 9.17) is 4.74 Å². The van der Waals surface area contributed by atoms with Crippen LogP contribution in [0.5, 0.6) is 0 Å². The van der Waals surface area contributed by atoms with E-state index in [9.17, 15) is 14.7 Å². The lowest BCUT2D eigenvalue weighted by Gasteiger charge is -2.23. The first-order valence-corrected chi connectivity index (χ1v) is 4.62. The maximum absolute atomic E-state index is 11.3. The van der Waals surface area contributed by atoms with Crippen LogP contribution in [0.15, 0.2) is 0 Å². The van der Waals surface area contributed by atoms with Crippen LogP contribution in [0, 0.1) is 5.92 Å². The van der Waals surface area contributed by atoms with Crippen molar-refractivity contribution in [2.24, 2.45) is 5.92 Å². The second kappa shape index (κ2) is 5.07. The van der Waals surface area contributed by atoms with Crippen LogP contribution < -0.4 is 0 Å². The van der Waals surface area contributed by atoms with Crippen molar-refractivity contribution in [2.75, 3.05) is 19.8 Å². The average molecular weight is 202 g/mol. The summed E-state index contributed by atoms with van der Waals surface area (Å²) in [4.78, 5) is 22.4. The van der Waals surface area contributed by atoms with E-state index >= 15 is 0 Å². The molecule has 0 aromatic carbocycles. The summed E-state index contributed by atoms with van der Waals surface area (Å²) in [7, 11) is 0. The molecule has 0 aliphatic carbocycles. The SMILES string of the molecule is CCOC(=O)[C@@H](O)[C@@H]1COCCC1=O. The monoisotopic (exact) mass is 202 g/mol. The predicted octanol–water partition coefficient (Wildman–Crippen LogP) is -0.484. The molecule has 0 spiro atoms. The molecule has 1 fully saturated rings. The van der Waals surface area contributed by atoms with Crippen molar-refractivity contribution >= 4 is 11.8 Å². The Morgan fingerprint density at radius 1 is 1.79 bits per heavy atom. The second-order valence-corrected chi connectivity index (χ2v) is 3.09. The van der Waals surface area contributed by atoms with Gasteiger partial charge in [0.25, 0.3) is 0 Å². The van der Waals surface area contributed by atoms with Crippen LogP contribution in [0.25, 0.3) is 0 Å². The molecule has 0 radical (unpaired) electrons. The van der Waals surface area contributed by atoms with Gasteiger partial charge in [0.1, 0.15) is 5.78 Å². The van der Waals surface area contributed by atoms with Crippen LogP contribution in [0.1, 0.15) is 13.3 Å². The molecular weight excluding hydrogens is 188 g/mol.